The highest BCUT2D eigenvalue weighted by molar-refractivity contribution is 7.91. The number of nitrogens with zero attached hydrogens (tertiary/aromatic N) is 3. The van der Waals surface area contributed by atoms with Gasteiger partial charge in [0.05, 0.1) is 35.6 Å². The van der Waals surface area contributed by atoms with Crippen LogP contribution < -0.4 is 9.64 Å². The van der Waals surface area contributed by atoms with E-state index in [1.54, 1.807) is 31.1 Å². The third-order valence-electron chi connectivity index (χ3n) is 4.08. The number of carboxylic acids is 1. The van der Waals surface area contributed by atoms with Crippen molar-refractivity contribution in [3.8, 4) is 5.75 Å². The van der Waals surface area contributed by atoms with Crippen LogP contribution in [0.3, 0.4) is 0 Å². The fourth-order valence-electron chi connectivity index (χ4n) is 2.57. The minimum atomic E-state index is -4.76. The van der Waals surface area contributed by atoms with Crippen molar-refractivity contribution in [2.24, 2.45) is 10.2 Å². The Morgan fingerprint density at radius 3 is 2.34 bits per heavy atom. The molecule has 0 bridgehead atoms. The number of methoxy groups -OCH3 is 1. The van der Waals surface area contributed by atoms with Gasteiger partial charge in [0.1, 0.15) is 17.1 Å². The molecule has 2 rings (SSSR count). The van der Waals surface area contributed by atoms with Gasteiger partial charge in [-0.2, -0.15) is 8.42 Å². The molecule has 12 nitrogen and oxygen atoms in total. The van der Waals surface area contributed by atoms with Gasteiger partial charge in [0.25, 0.3) is 0 Å². The van der Waals surface area contributed by atoms with Crippen LogP contribution in [0.5, 0.6) is 5.75 Å². The third-order valence-corrected chi connectivity index (χ3v) is 6.22. The number of sulfone groups is 1. The van der Waals surface area contributed by atoms with E-state index in [-0.39, 0.29) is 27.6 Å². The van der Waals surface area contributed by atoms with Crippen LogP contribution in [0.2, 0.25) is 0 Å². The molecule has 0 fully saturated rings. The van der Waals surface area contributed by atoms with E-state index in [2.05, 4.69) is 14.4 Å². The van der Waals surface area contributed by atoms with Crippen LogP contribution in [0.1, 0.15) is 10.4 Å². The van der Waals surface area contributed by atoms with E-state index in [1.165, 1.54) is 25.3 Å². The number of benzene rings is 2. The van der Waals surface area contributed by atoms with E-state index >= 15 is 0 Å². The number of carbonyl (C=O) groups is 1. The van der Waals surface area contributed by atoms with Crippen LogP contribution in [0, 0.1) is 0 Å². The van der Waals surface area contributed by atoms with Crippen molar-refractivity contribution in [2.75, 3.05) is 38.5 Å². The predicted octanol–water partition coefficient (Wildman–Crippen LogP) is 2.47. The number of hydrogen-bond donors (Lipinski definition) is 2. The minimum Gasteiger partial charge on any atom is -0.494 e. The molecule has 0 saturated carbocycles. The van der Waals surface area contributed by atoms with E-state index in [4.69, 9.17) is 9.29 Å². The SMILES string of the molecule is COc1cc(S(=O)(=O)CCOS(=O)(=O)O)ccc1/N=N/c1c(C(=O)O)cccc1N(C)C. The Labute approximate surface area is 185 Å². The van der Waals surface area contributed by atoms with Crippen molar-refractivity contribution in [3.63, 3.8) is 0 Å². The normalized spacial score (nSPS) is 12.1. The third kappa shape index (κ3) is 6.46. The lowest BCUT2D eigenvalue weighted by Crippen LogP contribution is -2.15. The van der Waals surface area contributed by atoms with Crippen molar-refractivity contribution in [3.05, 3.63) is 42.0 Å². The molecule has 0 aliphatic carbocycles. The highest BCUT2D eigenvalue weighted by atomic mass is 32.3. The number of rotatable bonds is 10. The van der Waals surface area contributed by atoms with E-state index in [0.717, 1.165) is 6.07 Å². The lowest BCUT2D eigenvalue weighted by Gasteiger charge is -2.16. The first-order chi connectivity index (χ1) is 14.9. The molecule has 174 valence electrons. The maximum atomic E-state index is 12.4. The molecule has 0 aliphatic rings. The molecule has 2 aromatic rings. The predicted molar refractivity (Wildman–Crippen MR) is 114 cm³/mol. The number of ether oxygens (including phenoxy) is 1. The Hall–Kier alpha value is -3.07. The monoisotopic (exact) mass is 487 g/mol. The van der Waals surface area contributed by atoms with E-state index in [1.807, 2.05) is 0 Å². The molecule has 32 heavy (non-hydrogen) atoms. The van der Waals surface area contributed by atoms with Gasteiger partial charge < -0.3 is 14.7 Å². The molecule has 0 aliphatic heterocycles. The van der Waals surface area contributed by atoms with Gasteiger partial charge in [-0.15, -0.1) is 10.2 Å². The Morgan fingerprint density at radius 2 is 1.78 bits per heavy atom. The molecular formula is C18H21N3O9S2. The van der Waals surface area contributed by atoms with Crippen molar-refractivity contribution in [1.82, 2.24) is 0 Å². The van der Waals surface area contributed by atoms with Crippen LogP contribution in [0.25, 0.3) is 0 Å². The van der Waals surface area contributed by atoms with Gasteiger partial charge in [0.15, 0.2) is 9.84 Å². The quantitative estimate of drug-likeness (QED) is 0.374. The second-order valence-corrected chi connectivity index (χ2v) is 9.68. The summed E-state index contributed by atoms with van der Waals surface area (Å²) < 4.78 is 63.7. The van der Waals surface area contributed by atoms with E-state index in [9.17, 15) is 26.7 Å². The zero-order valence-corrected chi connectivity index (χ0v) is 18.9. The first kappa shape index (κ1) is 25.2. The summed E-state index contributed by atoms with van der Waals surface area (Å²) in [6, 6.07) is 8.29. The maximum absolute atomic E-state index is 12.4. The van der Waals surface area contributed by atoms with Crippen LogP contribution in [-0.2, 0) is 24.4 Å². The number of anilines is 1. The van der Waals surface area contributed by atoms with Crippen molar-refractivity contribution >= 4 is 43.3 Å². The second kappa shape index (κ2) is 10.0. The van der Waals surface area contributed by atoms with Crippen molar-refractivity contribution < 1.29 is 40.2 Å². The number of azo groups is 1. The molecule has 0 heterocycles. The summed E-state index contributed by atoms with van der Waals surface area (Å²) in [5.41, 5.74) is 0.666. The summed E-state index contributed by atoms with van der Waals surface area (Å²) in [5.74, 6) is -1.87. The van der Waals surface area contributed by atoms with Crippen LogP contribution in [0.15, 0.2) is 51.5 Å². The molecule has 14 heteroatoms. The Morgan fingerprint density at radius 1 is 1.09 bits per heavy atom. The summed E-state index contributed by atoms with van der Waals surface area (Å²) >= 11 is 0. The Kier molecular flexibility index (Phi) is 7.90. The molecule has 2 aromatic carbocycles. The summed E-state index contributed by atoms with van der Waals surface area (Å²) in [4.78, 5) is 13.0. The smallest absolute Gasteiger partial charge is 0.397 e. The largest absolute Gasteiger partial charge is 0.494 e. The highest BCUT2D eigenvalue weighted by Gasteiger charge is 2.19. The van der Waals surface area contributed by atoms with Gasteiger partial charge in [0.2, 0.25) is 0 Å². The molecule has 0 spiro atoms. The van der Waals surface area contributed by atoms with Gasteiger partial charge >= 0.3 is 16.4 Å². The van der Waals surface area contributed by atoms with Crippen LogP contribution in [0.4, 0.5) is 17.1 Å². The molecule has 0 radical (unpaired) electrons. The molecule has 0 atom stereocenters. The van der Waals surface area contributed by atoms with E-state index in [0.29, 0.717) is 5.69 Å². The lowest BCUT2D eigenvalue weighted by atomic mass is 10.1. The fourth-order valence-corrected chi connectivity index (χ4v) is 4.07. The zero-order chi connectivity index (χ0) is 24.1. The molecule has 0 amide bonds. The highest BCUT2D eigenvalue weighted by Crippen LogP contribution is 2.36. The topological polar surface area (TPSA) is 172 Å². The summed E-state index contributed by atoms with van der Waals surface area (Å²) in [6.07, 6.45) is 0. The average Bonchev–Trinajstić information content (AvgIpc) is 2.70. The van der Waals surface area contributed by atoms with Crippen molar-refractivity contribution in [2.45, 2.75) is 4.90 Å². The molecular weight excluding hydrogens is 466 g/mol. The first-order valence-electron chi connectivity index (χ1n) is 8.83. The zero-order valence-electron chi connectivity index (χ0n) is 17.3. The lowest BCUT2D eigenvalue weighted by molar-refractivity contribution is 0.0697. The average molecular weight is 488 g/mol. The van der Waals surface area contributed by atoms with Gasteiger partial charge in [-0.3, -0.25) is 4.55 Å². The van der Waals surface area contributed by atoms with Gasteiger partial charge in [-0.05, 0) is 24.3 Å². The summed E-state index contributed by atoms with van der Waals surface area (Å²) in [5, 5.41) is 17.5. The minimum absolute atomic E-state index is 0.0322. The summed E-state index contributed by atoms with van der Waals surface area (Å²) in [7, 11) is -4.03. The van der Waals surface area contributed by atoms with Crippen LogP contribution >= 0.6 is 0 Å². The van der Waals surface area contributed by atoms with Gasteiger partial charge in [-0.1, -0.05) is 6.07 Å². The summed E-state index contributed by atoms with van der Waals surface area (Å²) in [6.45, 7) is -0.774. The number of hydrogen-bond acceptors (Lipinski definition) is 10. The molecule has 0 saturated heterocycles. The molecule has 2 N–H and O–H groups in total. The molecule has 0 aromatic heterocycles. The number of carboxylic acid groups (broad SMARTS) is 1. The maximum Gasteiger partial charge on any atom is 0.397 e. The second-order valence-electron chi connectivity index (χ2n) is 6.48. The van der Waals surface area contributed by atoms with Crippen LogP contribution in [-0.4, -0.2) is 66.0 Å². The van der Waals surface area contributed by atoms with Crippen molar-refractivity contribution in [1.29, 1.82) is 0 Å². The Bertz CT molecular complexity index is 1240. The van der Waals surface area contributed by atoms with Gasteiger partial charge in [-0.25, -0.2) is 17.4 Å². The fraction of sp³-hybridized carbons (Fsp3) is 0.278. The van der Waals surface area contributed by atoms with E-state index < -0.39 is 38.6 Å². The molecule has 0 unspecified atom stereocenters. The first-order valence-corrected chi connectivity index (χ1v) is 11.9. The number of aromatic carboxylic acids is 1. The standard InChI is InChI=1S/C18H21N3O9S2/c1-21(2)15-6-4-5-13(18(22)23)17(15)20-19-14-8-7-12(11-16(14)29-3)31(24,25)10-9-30-32(26,27)28/h4-8,11H,9-10H2,1-3H3,(H,22,23)(H,26,27,28)/b20-19+. The van der Waals surface area contributed by atoms with Gasteiger partial charge in [0, 0.05) is 20.2 Å². The Balaban J connectivity index is 2.40.